The van der Waals surface area contributed by atoms with Gasteiger partial charge in [-0.05, 0) is 25.0 Å². The van der Waals surface area contributed by atoms with Gasteiger partial charge in [0.15, 0.2) is 5.58 Å². The minimum Gasteiger partial charge on any atom is -0.440 e. The molecule has 1 N–H and O–H groups in total. The van der Waals surface area contributed by atoms with Gasteiger partial charge in [0.05, 0.1) is 6.42 Å². The summed E-state index contributed by atoms with van der Waals surface area (Å²) in [6, 6.07) is 8.00. The number of para-hydroxylation sites is 2. The number of nitrogens with zero attached hydrogens (tertiary/aromatic N) is 2. The summed E-state index contributed by atoms with van der Waals surface area (Å²) in [4.78, 5) is 20.7. The molecule has 0 unspecified atom stereocenters. The van der Waals surface area contributed by atoms with Crippen molar-refractivity contribution < 1.29 is 9.21 Å². The highest BCUT2D eigenvalue weighted by Crippen LogP contribution is 2.21. The van der Waals surface area contributed by atoms with E-state index < -0.39 is 0 Å². The summed E-state index contributed by atoms with van der Waals surface area (Å²) < 4.78 is 5.67. The zero-order valence-electron chi connectivity index (χ0n) is 11.2. The smallest absolute Gasteiger partial charge is 0.270 e. The zero-order valence-corrected chi connectivity index (χ0v) is 12.0. The summed E-state index contributed by atoms with van der Waals surface area (Å²) in [5.74, 6) is 0.539. The van der Waals surface area contributed by atoms with Gasteiger partial charge in [-0.3, -0.25) is 4.79 Å². The molecule has 1 aliphatic rings. The Morgan fingerprint density at radius 2 is 2.19 bits per heavy atom. The number of oxazole rings is 1. The molecule has 1 fully saturated rings. The number of hydrogen-bond acceptors (Lipinski definition) is 5. The lowest BCUT2D eigenvalue weighted by Crippen LogP contribution is -2.25. The fourth-order valence-corrected chi connectivity index (χ4v) is 2.87. The first-order chi connectivity index (χ1) is 10.3. The van der Waals surface area contributed by atoms with E-state index in [1.807, 2.05) is 24.3 Å². The Hall–Kier alpha value is -2.21. The molecule has 0 bridgehead atoms. The van der Waals surface area contributed by atoms with E-state index >= 15 is 0 Å². The predicted molar refractivity (Wildman–Crippen MR) is 79.4 cm³/mol. The Bertz CT molecular complexity index is 771. The number of nitrogens with one attached hydrogen (secondary N) is 1. The number of thiazole rings is 1. The van der Waals surface area contributed by atoms with Crippen LogP contribution in [0.2, 0.25) is 0 Å². The summed E-state index contributed by atoms with van der Waals surface area (Å²) in [5.41, 5.74) is 2.10. The molecule has 6 heteroatoms. The van der Waals surface area contributed by atoms with Crippen LogP contribution in [0.15, 0.2) is 34.1 Å². The summed E-state index contributed by atoms with van der Waals surface area (Å²) >= 11 is 1.46. The number of aromatic nitrogens is 2. The van der Waals surface area contributed by atoms with E-state index in [1.165, 1.54) is 11.3 Å². The Labute approximate surface area is 125 Å². The largest absolute Gasteiger partial charge is 0.440 e. The van der Waals surface area contributed by atoms with Crippen LogP contribution in [0.25, 0.3) is 11.1 Å². The number of carbonyl (C=O) groups excluding carboxylic acids is 1. The molecule has 5 nitrogen and oxygen atoms in total. The quantitative estimate of drug-likeness (QED) is 0.804. The van der Waals surface area contributed by atoms with Gasteiger partial charge in [0.25, 0.3) is 5.91 Å². The van der Waals surface area contributed by atoms with Crippen LogP contribution in [-0.4, -0.2) is 21.9 Å². The number of rotatable bonds is 4. The molecule has 2 heterocycles. The Balaban J connectivity index is 1.51. The van der Waals surface area contributed by atoms with Crippen molar-refractivity contribution in [2.24, 2.45) is 0 Å². The van der Waals surface area contributed by atoms with Crippen molar-refractivity contribution in [3.8, 4) is 0 Å². The van der Waals surface area contributed by atoms with Crippen molar-refractivity contribution in [3.05, 3.63) is 46.2 Å². The molecular formula is C15H13N3O2S. The van der Waals surface area contributed by atoms with Gasteiger partial charge in [-0.1, -0.05) is 12.1 Å². The second-order valence-corrected chi connectivity index (χ2v) is 6.07. The second-order valence-electron chi connectivity index (χ2n) is 5.13. The van der Waals surface area contributed by atoms with Gasteiger partial charge in [-0.15, -0.1) is 11.3 Å². The third-order valence-electron chi connectivity index (χ3n) is 3.34. The monoisotopic (exact) mass is 299 g/mol. The van der Waals surface area contributed by atoms with Gasteiger partial charge in [0.2, 0.25) is 5.89 Å². The van der Waals surface area contributed by atoms with E-state index in [0.29, 0.717) is 24.0 Å². The van der Waals surface area contributed by atoms with E-state index in [-0.39, 0.29) is 5.91 Å². The van der Waals surface area contributed by atoms with Crippen LogP contribution >= 0.6 is 11.3 Å². The van der Waals surface area contributed by atoms with Gasteiger partial charge in [0.1, 0.15) is 16.2 Å². The Kier molecular flexibility index (Phi) is 2.96. The van der Waals surface area contributed by atoms with Gasteiger partial charge >= 0.3 is 0 Å². The molecule has 0 spiro atoms. The van der Waals surface area contributed by atoms with Crippen molar-refractivity contribution in [3.63, 3.8) is 0 Å². The summed E-state index contributed by atoms with van der Waals surface area (Å²) in [6.07, 6.45) is 2.66. The predicted octanol–water partition coefficient (Wildman–Crippen LogP) is 2.77. The maximum absolute atomic E-state index is 11.9. The van der Waals surface area contributed by atoms with E-state index in [9.17, 15) is 4.79 Å². The minimum absolute atomic E-state index is 0.0856. The fraction of sp³-hybridized carbons (Fsp3) is 0.267. The average Bonchev–Trinajstić information content (AvgIpc) is 3.02. The maximum atomic E-state index is 11.9. The van der Waals surface area contributed by atoms with Crippen LogP contribution in [-0.2, 0) is 6.42 Å². The highest BCUT2D eigenvalue weighted by Gasteiger charge is 2.24. The molecule has 106 valence electrons. The van der Waals surface area contributed by atoms with Crippen LogP contribution in [0.5, 0.6) is 0 Å². The van der Waals surface area contributed by atoms with Gasteiger partial charge in [0, 0.05) is 11.4 Å². The third kappa shape index (κ3) is 2.67. The average molecular weight is 299 g/mol. The Morgan fingerprint density at radius 1 is 1.33 bits per heavy atom. The zero-order chi connectivity index (χ0) is 14.2. The molecule has 1 saturated carbocycles. The first-order valence-electron chi connectivity index (χ1n) is 6.87. The highest BCUT2D eigenvalue weighted by atomic mass is 32.1. The first-order valence-corrected chi connectivity index (χ1v) is 7.75. The van der Waals surface area contributed by atoms with E-state index in [4.69, 9.17) is 4.42 Å². The van der Waals surface area contributed by atoms with Crippen LogP contribution in [0.4, 0.5) is 0 Å². The molecule has 21 heavy (non-hydrogen) atoms. The number of hydrogen-bond donors (Lipinski definition) is 1. The molecule has 1 aliphatic carbocycles. The molecular weight excluding hydrogens is 286 g/mol. The normalized spacial score (nSPS) is 14.5. The molecule has 0 saturated heterocycles. The van der Waals surface area contributed by atoms with Crippen LogP contribution in [0.3, 0.4) is 0 Å². The second kappa shape index (κ2) is 4.96. The van der Waals surface area contributed by atoms with Crippen molar-refractivity contribution in [2.45, 2.75) is 25.3 Å². The lowest BCUT2D eigenvalue weighted by Gasteiger charge is -1.98. The highest BCUT2D eigenvalue weighted by molar-refractivity contribution is 7.09. The maximum Gasteiger partial charge on any atom is 0.270 e. The van der Waals surface area contributed by atoms with Crippen molar-refractivity contribution in [1.82, 2.24) is 15.3 Å². The molecule has 4 rings (SSSR count). The van der Waals surface area contributed by atoms with Crippen molar-refractivity contribution in [1.29, 1.82) is 0 Å². The van der Waals surface area contributed by atoms with E-state index in [2.05, 4.69) is 15.3 Å². The summed E-state index contributed by atoms with van der Waals surface area (Å²) in [7, 11) is 0. The van der Waals surface area contributed by atoms with E-state index in [1.54, 1.807) is 5.38 Å². The molecule has 0 radical (unpaired) electrons. The SMILES string of the molecule is O=C(NC1CC1)c1csc(Cc2nc3ccccc3o2)n1. The van der Waals surface area contributed by atoms with Crippen LogP contribution in [0, 0.1) is 0 Å². The van der Waals surface area contributed by atoms with E-state index in [0.717, 1.165) is 28.9 Å². The number of carbonyl (C=O) groups is 1. The topological polar surface area (TPSA) is 68.0 Å². The molecule has 3 aromatic rings. The summed E-state index contributed by atoms with van der Waals surface area (Å²) in [6.45, 7) is 0. The van der Waals surface area contributed by atoms with Gasteiger partial charge in [-0.25, -0.2) is 9.97 Å². The van der Waals surface area contributed by atoms with Crippen LogP contribution in [0.1, 0.15) is 34.2 Å². The molecule has 1 aromatic carbocycles. The number of benzene rings is 1. The molecule has 0 atom stereocenters. The Morgan fingerprint density at radius 3 is 3.00 bits per heavy atom. The van der Waals surface area contributed by atoms with Crippen molar-refractivity contribution >= 4 is 28.3 Å². The first kappa shape index (κ1) is 12.5. The van der Waals surface area contributed by atoms with Crippen molar-refractivity contribution in [2.75, 3.05) is 0 Å². The number of fused-ring (bicyclic) bond motifs is 1. The molecule has 0 aliphatic heterocycles. The summed E-state index contributed by atoms with van der Waals surface area (Å²) in [5, 5.41) is 5.56. The minimum atomic E-state index is -0.0856. The van der Waals surface area contributed by atoms with Crippen LogP contribution < -0.4 is 5.32 Å². The van der Waals surface area contributed by atoms with Gasteiger partial charge < -0.3 is 9.73 Å². The number of amides is 1. The third-order valence-corrected chi connectivity index (χ3v) is 4.19. The molecule has 2 aromatic heterocycles. The molecule has 1 amide bonds. The lowest BCUT2D eigenvalue weighted by atomic mass is 10.3. The fourth-order valence-electron chi connectivity index (χ4n) is 2.11. The lowest BCUT2D eigenvalue weighted by molar-refractivity contribution is 0.0946. The van der Waals surface area contributed by atoms with Gasteiger partial charge in [-0.2, -0.15) is 0 Å². The standard InChI is InChI=1S/C15H13N3O2S/c19-15(16-9-5-6-9)11-8-21-14(18-11)7-13-17-10-3-1-2-4-12(10)20-13/h1-4,8-9H,5-7H2,(H,16,19).